The van der Waals surface area contributed by atoms with E-state index >= 15 is 0 Å². The normalized spacial score (nSPS) is 17.8. The van der Waals surface area contributed by atoms with E-state index in [1.54, 1.807) is 6.07 Å². The van der Waals surface area contributed by atoms with Crippen LogP contribution in [0.25, 0.3) is 0 Å². The van der Waals surface area contributed by atoms with Crippen LogP contribution >= 0.6 is 0 Å². The second-order valence-electron chi connectivity index (χ2n) is 3.94. The Bertz CT molecular complexity index is 337. The van der Waals surface area contributed by atoms with E-state index in [0.29, 0.717) is 6.54 Å². The number of pyridine rings is 1. The predicted octanol–water partition coefficient (Wildman–Crippen LogP) is 0.301. The lowest BCUT2D eigenvalue weighted by Crippen LogP contribution is -2.48. The average Bonchev–Trinajstić information content (AvgIpc) is 2.30. The van der Waals surface area contributed by atoms with Gasteiger partial charge in [-0.2, -0.15) is 4.39 Å². The monoisotopic (exact) mass is 224 g/mol. The summed E-state index contributed by atoms with van der Waals surface area (Å²) in [7, 11) is 0. The summed E-state index contributed by atoms with van der Waals surface area (Å²) in [6, 6.07) is 4.92. The van der Waals surface area contributed by atoms with Gasteiger partial charge >= 0.3 is 0 Å². The van der Waals surface area contributed by atoms with Gasteiger partial charge in [-0.25, -0.2) is 4.98 Å². The third kappa shape index (κ3) is 2.68. The highest BCUT2D eigenvalue weighted by Crippen LogP contribution is 2.13. The molecule has 1 aliphatic heterocycles. The first kappa shape index (κ1) is 11.3. The van der Waals surface area contributed by atoms with Crippen molar-refractivity contribution in [1.82, 2.24) is 9.88 Å². The lowest BCUT2D eigenvalue weighted by atomic mass is 10.3. The van der Waals surface area contributed by atoms with Crippen LogP contribution in [-0.4, -0.2) is 49.2 Å². The van der Waals surface area contributed by atoms with Crippen molar-refractivity contribution < 1.29 is 4.39 Å². The first-order chi connectivity index (χ1) is 7.79. The number of piperazine rings is 1. The van der Waals surface area contributed by atoms with Crippen molar-refractivity contribution in [3.8, 4) is 0 Å². The Balaban J connectivity index is 1.94. The summed E-state index contributed by atoms with van der Waals surface area (Å²) in [5.74, 6) is 0.314. The molecule has 2 heterocycles. The van der Waals surface area contributed by atoms with Crippen LogP contribution < -0.4 is 10.6 Å². The van der Waals surface area contributed by atoms with Gasteiger partial charge in [0.25, 0.3) is 0 Å². The second kappa shape index (κ2) is 5.23. The number of anilines is 1. The molecule has 1 aromatic rings. The van der Waals surface area contributed by atoms with E-state index in [1.807, 2.05) is 6.07 Å². The third-order valence-electron chi connectivity index (χ3n) is 2.84. The fourth-order valence-electron chi connectivity index (χ4n) is 1.96. The Labute approximate surface area is 94.9 Å². The molecular formula is C11H17FN4. The first-order valence-corrected chi connectivity index (χ1v) is 5.59. The Hall–Kier alpha value is -1.20. The molecule has 0 bridgehead atoms. The molecule has 0 aromatic carbocycles. The molecule has 0 saturated carbocycles. The van der Waals surface area contributed by atoms with Gasteiger partial charge in [0.1, 0.15) is 5.82 Å². The number of nitrogens with zero attached hydrogens (tertiary/aromatic N) is 3. The van der Waals surface area contributed by atoms with E-state index in [4.69, 9.17) is 5.73 Å². The van der Waals surface area contributed by atoms with Gasteiger partial charge in [0.05, 0.1) is 0 Å². The molecule has 1 aromatic heterocycles. The number of halogens is 1. The van der Waals surface area contributed by atoms with E-state index in [0.717, 1.165) is 38.5 Å². The number of hydrogen-bond donors (Lipinski definition) is 1. The maximum absolute atomic E-state index is 13.0. The molecule has 0 aliphatic carbocycles. The number of aromatic nitrogens is 1. The van der Waals surface area contributed by atoms with Gasteiger partial charge < -0.3 is 10.6 Å². The highest BCUT2D eigenvalue weighted by atomic mass is 19.1. The summed E-state index contributed by atoms with van der Waals surface area (Å²) in [4.78, 5) is 8.31. The minimum absolute atomic E-state index is 0.415. The quantitative estimate of drug-likeness (QED) is 0.750. The molecule has 1 fully saturated rings. The van der Waals surface area contributed by atoms with Gasteiger partial charge in [-0.3, -0.25) is 4.90 Å². The molecule has 0 amide bonds. The van der Waals surface area contributed by atoms with E-state index in [1.165, 1.54) is 6.07 Å². The van der Waals surface area contributed by atoms with Crippen molar-refractivity contribution >= 4 is 5.82 Å². The van der Waals surface area contributed by atoms with E-state index < -0.39 is 5.95 Å². The molecule has 88 valence electrons. The van der Waals surface area contributed by atoms with Gasteiger partial charge in [-0.15, -0.1) is 0 Å². The van der Waals surface area contributed by atoms with Gasteiger partial charge in [-0.05, 0) is 12.1 Å². The lowest BCUT2D eigenvalue weighted by molar-refractivity contribution is 0.264. The average molecular weight is 224 g/mol. The van der Waals surface area contributed by atoms with Crippen molar-refractivity contribution in [3.05, 3.63) is 24.1 Å². The second-order valence-corrected chi connectivity index (χ2v) is 3.94. The molecular weight excluding hydrogens is 207 g/mol. The van der Waals surface area contributed by atoms with Crippen molar-refractivity contribution in [2.24, 2.45) is 5.73 Å². The van der Waals surface area contributed by atoms with Crippen molar-refractivity contribution in [1.29, 1.82) is 0 Å². The lowest BCUT2D eigenvalue weighted by Gasteiger charge is -2.35. The zero-order valence-corrected chi connectivity index (χ0v) is 9.27. The molecule has 1 aliphatic rings. The Morgan fingerprint density at radius 2 is 2.00 bits per heavy atom. The van der Waals surface area contributed by atoms with Crippen LogP contribution in [0.5, 0.6) is 0 Å². The van der Waals surface area contributed by atoms with Crippen molar-refractivity contribution in [3.63, 3.8) is 0 Å². The summed E-state index contributed by atoms with van der Waals surface area (Å²) in [6.07, 6.45) is 0. The Morgan fingerprint density at radius 1 is 1.25 bits per heavy atom. The minimum atomic E-state index is -0.415. The van der Waals surface area contributed by atoms with Crippen LogP contribution in [0.1, 0.15) is 0 Å². The molecule has 0 spiro atoms. The molecule has 2 N–H and O–H groups in total. The number of hydrogen-bond acceptors (Lipinski definition) is 4. The number of rotatable bonds is 3. The van der Waals surface area contributed by atoms with Crippen LogP contribution in [0.2, 0.25) is 0 Å². The van der Waals surface area contributed by atoms with Gasteiger partial charge in [-0.1, -0.05) is 6.07 Å². The van der Waals surface area contributed by atoms with E-state index in [2.05, 4.69) is 14.8 Å². The fourth-order valence-corrected chi connectivity index (χ4v) is 1.96. The fraction of sp³-hybridized carbons (Fsp3) is 0.545. The molecule has 0 unspecified atom stereocenters. The van der Waals surface area contributed by atoms with Crippen LogP contribution in [-0.2, 0) is 0 Å². The van der Waals surface area contributed by atoms with E-state index in [-0.39, 0.29) is 0 Å². The Kier molecular flexibility index (Phi) is 3.69. The van der Waals surface area contributed by atoms with Crippen LogP contribution in [0.3, 0.4) is 0 Å². The molecule has 4 nitrogen and oxygen atoms in total. The third-order valence-corrected chi connectivity index (χ3v) is 2.84. The molecule has 16 heavy (non-hydrogen) atoms. The van der Waals surface area contributed by atoms with Gasteiger partial charge in [0.2, 0.25) is 5.95 Å². The van der Waals surface area contributed by atoms with Gasteiger partial charge in [0, 0.05) is 39.3 Å². The molecule has 2 rings (SSSR count). The SMILES string of the molecule is NCCN1CCN(c2cccc(F)n2)CC1. The summed E-state index contributed by atoms with van der Waals surface area (Å²) in [6.45, 7) is 5.33. The largest absolute Gasteiger partial charge is 0.354 e. The van der Waals surface area contributed by atoms with Gasteiger partial charge in [0.15, 0.2) is 0 Å². The highest BCUT2D eigenvalue weighted by molar-refractivity contribution is 5.38. The van der Waals surface area contributed by atoms with Crippen molar-refractivity contribution in [2.45, 2.75) is 0 Å². The van der Waals surface area contributed by atoms with Crippen LogP contribution in [0.15, 0.2) is 18.2 Å². The number of nitrogens with two attached hydrogens (primary N) is 1. The summed E-state index contributed by atoms with van der Waals surface area (Å²) in [5.41, 5.74) is 5.51. The standard InChI is InChI=1S/C11H17FN4/c12-10-2-1-3-11(14-10)16-8-6-15(5-4-13)7-9-16/h1-3H,4-9,13H2. The molecule has 1 saturated heterocycles. The summed E-state index contributed by atoms with van der Waals surface area (Å²) >= 11 is 0. The smallest absolute Gasteiger partial charge is 0.214 e. The van der Waals surface area contributed by atoms with E-state index in [9.17, 15) is 4.39 Å². The molecule has 0 atom stereocenters. The first-order valence-electron chi connectivity index (χ1n) is 5.59. The van der Waals surface area contributed by atoms with Crippen molar-refractivity contribution in [2.75, 3.05) is 44.2 Å². The highest BCUT2D eigenvalue weighted by Gasteiger charge is 2.17. The summed E-state index contributed by atoms with van der Waals surface area (Å²) in [5, 5.41) is 0. The summed E-state index contributed by atoms with van der Waals surface area (Å²) < 4.78 is 13.0. The zero-order chi connectivity index (χ0) is 11.4. The minimum Gasteiger partial charge on any atom is -0.354 e. The molecule has 0 radical (unpaired) electrons. The maximum atomic E-state index is 13.0. The maximum Gasteiger partial charge on any atom is 0.214 e. The predicted molar refractivity (Wildman–Crippen MR) is 61.9 cm³/mol. The topological polar surface area (TPSA) is 45.4 Å². The zero-order valence-electron chi connectivity index (χ0n) is 9.27. The Morgan fingerprint density at radius 3 is 2.62 bits per heavy atom. The molecule has 5 heteroatoms. The van der Waals surface area contributed by atoms with Crippen LogP contribution in [0, 0.1) is 5.95 Å². The van der Waals surface area contributed by atoms with Crippen LogP contribution in [0.4, 0.5) is 10.2 Å².